The standard InChI is InChI=1S/C38H32ClF8N3O5/c1-3-54-32(52)15-29-26-11-21(12-28(34(26)41)38(45,46)47)33-19(2)5-4-6-30(33)55-25-10-22(9-23(39)13-25)35(36(53)48-29)50-16-20(7-8-49-17-24(40)18-49)27(14-31(50)51)37(42,43)44/h4-6,9-14,16,24,29,35H,3,7-8,15,17-18H2,1-2H3,(H,48,53)/t29-,35?/m0/s1. The van der Waals surface area contributed by atoms with Crippen LogP contribution in [0.5, 0.6) is 11.5 Å². The van der Waals surface area contributed by atoms with Crippen LogP contribution in [0.4, 0.5) is 35.1 Å². The average molecular weight is 798 g/mol. The van der Waals surface area contributed by atoms with Crippen molar-refractivity contribution in [3.05, 3.63) is 115 Å². The number of amides is 1. The Kier molecular flexibility index (Phi) is 11.0. The van der Waals surface area contributed by atoms with E-state index in [0.717, 1.165) is 12.3 Å². The molecule has 0 saturated carbocycles. The van der Waals surface area contributed by atoms with Crippen molar-refractivity contribution < 1.29 is 54.2 Å². The highest BCUT2D eigenvalue weighted by molar-refractivity contribution is 6.30. The van der Waals surface area contributed by atoms with Crippen LogP contribution in [-0.4, -0.2) is 53.8 Å². The van der Waals surface area contributed by atoms with Crippen LogP contribution >= 0.6 is 11.6 Å². The highest BCUT2D eigenvalue weighted by atomic mass is 35.5. The van der Waals surface area contributed by atoms with Crippen LogP contribution in [0.3, 0.4) is 0 Å². The lowest BCUT2D eigenvalue weighted by molar-refractivity contribution is -0.144. The van der Waals surface area contributed by atoms with Gasteiger partial charge in [0, 0.05) is 48.0 Å². The van der Waals surface area contributed by atoms with E-state index in [4.69, 9.17) is 21.1 Å². The lowest BCUT2D eigenvalue weighted by Gasteiger charge is -2.34. The monoisotopic (exact) mass is 797 g/mol. The van der Waals surface area contributed by atoms with E-state index in [2.05, 4.69) is 5.32 Å². The highest BCUT2D eigenvalue weighted by Crippen LogP contribution is 2.44. The molecule has 4 aromatic rings. The molecule has 1 unspecified atom stereocenters. The first kappa shape index (κ1) is 39.7. The van der Waals surface area contributed by atoms with E-state index in [1.807, 2.05) is 0 Å². The molecule has 3 aromatic carbocycles. The first-order valence-electron chi connectivity index (χ1n) is 17.0. The molecule has 0 radical (unpaired) electrons. The van der Waals surface area contributed by atoms with Crippen LogP contribution in [-0.2, 0) is 33.1 Å². The first-order valence-corrected chi connectivity index (χ1v) is 17.4. The largest absolute Gasteiger partial charge is 0.466 e. The second-order valence-corrected chi connectivity index (χ2v) is 13.7. The number of rotatable bonds is 7. The summed E-state index contributed by atoms with van der Waals surface area (Å²) in [5, 5.41) is 2.32. The number of ether oxygens (including phenoxy) is 2. The number of halogens is 9. The zero-order chi connectivity index (χ0) is 40.0. The minimum atomic E-state index is -5.27. The fraction of sp³-hybridized carbons (Fsp3) is 0.342. The van der Waals surface area contributed by atoms with E-state index in [9.17, 15) is 45.1 Å². The van der Waals surface area contributed by atoms with E-state index in [-0.39, 0.29) is 65.9 Å². The summed E-state index contributed by atoms with van der Waals surface area (Å²) >= 11 is 6.48. The Morgan fingerprint density at radius 2 is 1.71 bits per heavy atom. The summed E-state index contributed by atoms with van der Waals surface area (Å²) in [6, 6.07) is 6.45. The molecule has 1 amide bonds. The van der Waals surface area contributed by atoms with Gasteiger partial charge in [-0.3, -0.25) is 23.9 Å². The minimum absolute atomic E-state index is 0.00433. The molecule has 292 valence electrons. The Hall–Kier alpha value is -4.96. The lowest BCUT2D eigenvalue weighted by atomic mass is 9.91. The molecule has 6 rings (SSSR count). The maximum absolute atomic E-state index is 16.2. The molecule has 1 N–H and O–H groups in total. The van der Waals surface area contributed by atoms with E-state index in [1.165, 1.54) is 31.2 Å². The Balaban J connectivity index is 1.61. The number of alkyl halides is 7. The van der Waals surface area contributed by atoms with Gasteiger partial charge in [0.2, 0.25) is 5.91 Å². The van der Waals surface area contributed by atoms with Crippen molar-refractivity contribution in [1.29, 1.82) is 0 Å². The average Bonchev–Trinajstić information content (AvgIpc) is 3.06. The maximum atomic E-state index is 16.2. The van der Waals surface area contributed by atoms with Crippen molar-refractivity contribution >= 4 is 23.5 Å². The molecule has 17 heteroatoms. The van der Waals surface area contributed by atoms with Crippen LogP contribution in [0.2, 0.25) is 5.02 Å². The van der Waals surface area contributed by atoms with Crippen molar-refractivity contribution in [2.24, 2.45) is 0 Å². The zero-order valence-electron chi connectivity index (χ0n) is 29.1. The molecule has 2 atom stereocenters. The van der Waals surface area contributed by atoms with Gasteiger partial charge in [0.25, 0.3) is 5.56 Å². The van der Waals surface area contributed by atoms with Crippen molar-refractivity contribution in [2.75, 3.05) is 26.2 Å². The van der Waals surface area contributed by atoms with Crippen LogP contribution in [0.15, 0.2) is 65.6 Å². The van der Waals surface area contributed by atoms with E-state index < -0.39 is 82.5 Å². The number of carbonyl (C=O) groups is 2. The normalized spacial score (nSPS) is 17.8. The van der Waals surface area contributed by atoms with E-state index in [0.29, 0.717) is 22.3 Å². The number of pyridine rings is 1. The number of aromatic nitrogens is 1. The predicted octanol–water partition coefficient (Wildman–Crippen LogP) is 8.36. The first-order chi connectivity index (χ1) is 25.8. The summed E-state index contributed by atoms with van der Waals surface area (Å²) in [4.78, 5) is 42.6. The maximum Gasteiger partial charge on any atom is 0.419 e. The Morgan fingerprint density at radius 3 is 2.36 bits per heavy atom. The molecule has 4 bridgehead atoms. The van der Waals surface area contributed by atoms with Gasteiger partial charge in [-0.1, -0.05) is 23.7 Å². The quantitative estimate of drug-likeness (QED) is 0.150. The molecule has 55 heavy (non-hydrogen) atoms. The van der Waals surface area contributed by atoms with Gasteiger partial charge >= 0.3 is 18.3 Å². The molecule has 8 nitrogen and oxygen atoms in total. The number of nitrogens with zero attached hydrogens (tertiary/aromatic N) is 2. The topological polar surface area (TPSA) is 89.9 Å². The van der Waals surface area contributed by atoms with Gasteiger partial charge in [-0.15, -0.1) is 0 Å². The van der Waals surface area contributed by atoms with Crippen LogP contribution in [0.1, 0.15) is 58.8 Å². The predicted molar refractivity (Wildman–Crippen MR) is 184 cm³/mol. The molecule has 1 saturated heterocycles. The summed E-state index contributed by atoms with van der Waals surface area (Å²) in [6.07, 6.45) is -11.8. The molecule has 0 spiro atoms. The summed E-state index contributed by atoms with van der Waals surface area (Å²) in [5.41, 5.74) is -5.36. The van der Waals surface area contributed by atoms with Gasteiger partial charge in [-0.05, 0) is 78.9 Å². The van der Waals surface area contributed by atoms with Gasteiger partial charge in [0.1, 0.15) is 29.5 Å². The SMILES string of the molecule is CCOC(=O)C[C@@H]1NC(=O)C(n2cc(CCN3CC(F)C3)c(C(F)(F)F)cc2=O)c2cc(Cl)cc(c2)Oc2cccc(C)c2-c2cc1c(F)c(C(F)(F)F)c2. The summed E-state index contributed by atoms with van der Waals surface area (Å²) < 4.78 is 128. The van der Waals surface area contributed by atoms with Gasteiger partial charge in [-0.2, -0.15) is 26.3 Å². The van der Waals surface area contributed by atoms with Crippen molar-refractivity contribution in [1.82, 2.24) is 14.8 Å². The molecular formula is C38H32ClF8N3O5. The lowest BCUT2D eigenvalue weighted by Crippen LogP contribution is -2.49. The van der Waals surface area contributed by atoms with Gasteiger partial charge in [0.05, 0.1) is 30.2 Å². The Labute approximate surface area is 313 Å². The van der Waals surface area contributed by atoms with Gasteiger partial charge < -0.3 is 14.8 Å². The van der Waals surface area contributed by atoms with Crippen molar-refractivity contribution in [3.8, 4) is 22.6 Å². The third-order valence-corrected chi connectivity index (χ3v) is 9.56. The third-order valence-electron chi connectivity index (χ3n) is 9.34. The van der Waals surface area contributed by atoms with E-state index >= 15 is 4.39 Å². The number of benzene rings is 3. The molecule has 3 heterocycles. The van der Waals surface area contributed by atoms with E-state index in [1.54, 1.807) is 24.0 Å². The third kappa shape index (κ3) is 8.49. The fourth-order valence-corrected chi connectivity index (χ4v) is 7.05. The Bertz CT molecular complexity index is 2200. The van der Waals surface area contributed by atoms with Crippen molar-refractivity contribution in [2.45, 2.75) is 57.3 Å². The number of hydrogen-bond donors (Lipinski definition) is 1. The number of carbonyl (C=O) groups excluding carboxylic acids is 2. The summed E-state index contributed by atoms with van der Waals surface area (Å²) in [7, 11) is 0. The van der Waals surface area contributed by atoms with Gasteiger partial charge in [-0.25, -0.2) is 8.78 Å². The molecule has 2 aliphatic heterocycles. The smallest absolute Gasteiger partial charge is 0.419 e. The number of hydrogen-bond acceptors (Lipinski definition) is 6. The minimum Gasteiger partial charge on any atom is -0.466 e. The second-order valence-electron chi connectivity index (χ2n) is 13.2. The fourth-order valence-electron chi connectivity index (χ4n) is 6.81. The number of aryl methyl sites for hydroxylation is 1. The van der Waals surface area contributed by atoms with Crippen LogP contribution in [0, 0.1) is 12.7 Å². The second kappa shape index (κ2) is 15.3. The molecule has 1 aromatic heterocycles. The van der Waals surface area contributed by atoms with Crippen LogP contribution in [0.25, 0.3) is 11.1 Å². The van der Waals surface area contributed by atoms with Crippen LogP contribution < -0.4 is 15.6 Å². The molecule has 1 fully saturated rings. The number of likely N-dealkylation sites (tertiary alicyclic amines) is 1. The number of nitrogens with one attached hydrogen (secondary N) is 1. The highest BCUT2D eigenvalue weighted by Gasteiger charge is 2.40. The summed E-state index contributed by atoms with van der Waals surface area (Å²) in [6.45, 7) is 2.81. The van der Waals surface area contributed by atoms with Crippen molar-refractivity contribution in [3.63, 3.8) is 0 Å². The Morgan fingerprint density at radius 1 is 1.00 bits per heavy atom. The number of fused-ring (bicyclic) bond motifs is 6. The molecule has 0 aliphatic carbocycles. The number of esters is 1. The zero-order valence-corrected chi connectivity index (χ0v) is 29.8. The van der Waals surface area contributed by atoms with Gasteiger partial charge in [0.15, 0.2) is 0 Å². The molecular weight excluding hydrogens is 766 g/mol. The summed E-state index contributed by atoms with van der Waals surface area (Å²) in [5.74, 6) is -4.18. The molecule has 2 aliphatic rings.